The first kappa shape index (κ1) is 15.0. The standard InChI is InChI=1S/C13H25N3O2/c1-9(2)8-10(11(17)15-3)16-12(18)13(14)6-4-5-7-13/h9-10H,4-8,14H2,1-3H3,(H,15,17)(H,16,18). The highest BCUT2D eigenvalue weighted by molar-refractivity contribution is 5.92. The predicted octanol–water partition coefficient (Wildman–Crippen LogP) is 0.535. The molecule has 0 aliphatic heterocycles. The quantitative estimate of drug-likeness (QED) is 0.670. The topological polar surface area (TPSA) is 84.2 Å². The van der Waals surface area contributed by atoms with Crippen molar-refractivity contribution in [1.29, 1.82) is 0 Å². The van der Waals surface area contributed by atoms with Gasteiger partial charge in [-0.15, -0.1) is 0 Å². The van der Waals surface area contributed by atoms with E-state index in [0.717, 1.165) is 12.8 Å². The molecular weight excluding hydrogens is 230 g/mol. The third-order valence-corrected chi connectivity index (χ3v) is 3.52. The first-order valence-corrected chi connectivity index (χ1v) is 6.70. The first-order chi connectivity index (χ1) is 8.39. The summed E-state index contributed by atoms with van der Waals surface area (Å²) in [5.74, 6) is -0.00204. The maximum Gasteiger partial charge on any atom is 0.242 e. The summed E-state index contributed by atoms with van der Waals surface area (Å²) >= 11 is 0. The number of carbonyl (C=O) groups is 2. The number of likely N-dealkylation sites (N-methyl/N-ethyl adjacent to an activating group) is 1. The third kappa shape index (κ3) is 3.70. The van der Waals surface area contributed by atoms with Crippen molar-refractivity contribution >= 4 is 11.8 Å². The molecule has 1 rings (SSSR count). The smallest absolute Gasteiger partial charge is 0.242 e. The van der Waals surface area contributed by atoms with Gasteiger partial charge in [-0.2, -0.15) is 0 Å². The average Bonchev–Trinajstić information content (AvgIpc) is 2.75. The van der Waals surface area contributed by atoms with Crippen molar-refractivity contribution in [2.24, 2.45) is 11.7 Å². The Morgan fingerprint density at radius 3 is 2.28 bits per heavy atom. The first-order valence-electron chi connectivity index (χ1n) is 6.70. The van der Waals surface area contributed by atoms with E-state index in [9.17, 15) is 9.59 Å². The van der Waals surface area contributed by atoms with Crippen molar-refractivity contribution in [3.63, 3.8) is 0 Å². The van der Waals surface area contributed by atoms with E-state index in [1.807, 2.05) is 13.8 Å². The molecule has 0 spiro atoms. The van der Waals surface area contributed by atoms with Crippen LogP contribution in [0.4, 0.5) is 0 Å². The molecule has 1 saturated carbocycles. The zero-order valence-corrected chi connectivity index (χ0v) is 11.6. The molecule has 4 N–H and O–H groups in total. The minimum absolute atomic E-state index is 0.154. The second-order valence-electron chi connectivity index (χ2n) is 5.63. The highest BCUT2D eigenvalue weighted by atomic mass is 16.2. The molecule has 1 aliphatic carbocycles. The van der Waals surface area contributed by atoms with E-state index in [1.54, 1.807) is 7.05 Å². The van der Waals surface area contributed by atoms with Gasteiger partial charge in [0.25, 0.3) is 0 Å². The highest BCUT2D eigenvalue weighted by Crippen LogP contribution is 2.27. The Labute approximate surface area is 109 Å². The van der Waals surface area contributed by atoms with Gasteiger partial charge < -0.3 is 16.4 Å². The van der Waals surface area contributed by atoms with Crippen LogP contribution in [0.1, 0.15) is 46.0 Å². The SMILES string of the molecule is CNC(=O)C(CC(C)C)NC(=O)C1(N)CCCC1. The molecule has 1 unspecified atom stereocenters. The summed E-state index contributed by atoms with van der Waals surface area (Å²) < 4.78 is 0. The molecule has 104 valence electrons. The summed E-state index contributed by atoms with van der Waals surface area (Å²) in [5.41, 5.74) is 5.30. The average molecular weight is 255 g/mol. The van der Waals surface area contributed by atoms with E-state index >= 15 is 0 Å². The molecule has 0 saturated heterocycles. The Morgan fingerprint density at radius 2 is 1.83 bits per heavy atom. The fourth-order valence-electron chi connectivity index (χ4n) is 2.41. The number of carbonyl (C=O) groups excluding carboxylic acids is 2. The van der Waals surface area contributed by atoms with E-state index in [-0.39, 0.29) is 11.8 Å². The Bertz CT molecular complexity index is 309. The van der Waals surface area contributed by atoms with Gasteiger partial charge in [-0.1, -0.05) is 26.7 Å². The van der Waals surface area contributed by atoms with Gasteiger partial charge in [-0.25, -0.2) is 0 Å². The lowest BCUT2D eigenvalue weighted by molar-refractivity contribution is -0.132. The summed E-state index contributed by atoms with van der Waals surface area (Å²) in [4.78, 5) is 23.9. The van der Waals surface area contributed by atoms with E-state index in [2.05, 4.69) is 10.6 Å². The van der Waals surface area contributed by atoms with Crippen molar-refractivity contribution < 1.29 is 9.59 Å². The van der Waals surface area contributed by atoms with Gasteiger partial charge in [0.1, 0.15) is 6.04 Å². The second-order valence-corrected chi connectivity index (χ2v) is 5.63. The van der Waals surface area contributed by atoms with Crippen LogP contribution in [0.15, 0.2) is 0 Å². The Balaban J connectivity index is 2.64. The number of hydrogen-bond acceptors (Lipinski definition) is 3. The Hall–Kier alpha value is -1.10. The highest BCUT2D eigenvalue weighted by Gasteiger charge is 2.38. The fraction of sp³-hybridized carbons (Fsp3) is 0.846. The van der Waals surface area contributed by atoms with Crippen LogP contribution in [0.25, 0.3) is 0 Å². The maximum absolute atomic E-state index is 12.2. The molecule has 0 bridgehead atoms. The Morgan fingerprint density at radius 1 is 1.28 bits per heavy atom. The monoisotopic (exact) mass is 255 g/mol. The van der Waals surface area contributed by atoms with Crippen molar-refractivity contribution in [2.45, 2.75) is 57.5 Å². The fourth-order valence-corrected chi connectivity index (χ4v) is 2.41. The molecule has 0 aromatic rings. The summed E-state index contributed by atoms with van der Waals surface area (Å²) in [6, 6.07) is -0.483. The molecule has 0 aromatic heterocycles. The van der Waals surface area contributed by atoms with Crippen molar-refractivity contribution in [1.82, 2.24) is 10.6 Å². The van der Waals surface area contributed by atoms with Gasteiger partial charge in [-0.3, -0.25) is 9.59 Å². The lowest BCUT2D eigenvalue weighted by Crippen LogP contribution is -2.57. The van der Waals surface area contributed by atoms with Crippen LogP contribution in [0.2, 0.25) is 0 Å². The van der Waals surface area contributed by atoms with Crippen LogP contribution in [0, 0.1) is 5.92 Å². The zero-order valence-electron chi connectivity index (χ0n) is 11.6. The molecule has 0 heterocycles. The van der Waals surface area contributed by atoms with Gasteiger partial charge in [0, 0.05) is 7.05 Å². The van der Waals surface area contributed by atoms with Crippen LogP contribution in [-0.4, -0.2) is 30.4 Å². The molecule has 5 heteroatoms. The number of nitrogens with one attached hydrogen (secondary N) is 2. The van der Waals surface area contributed by atoms with Crippen molar-refractivity contribution in [3.8, 4) is 0 Å². The van der Waals surface area contributed by atoms with E-state index in [1.165, 1.54) is 0 Å². The Kier molecular flexibility index (Phi) is 5.14. The van der Waals surface area contributed by atoms with Gasteiger partial charge in [0.15, 0.2) is 0 Å². The summed E-state index contributed by atoms with van der Waals surface area (Å²) in [6.07, 6.45) is 4.01. The van der Waals surface area contributed by atoms with E-state index < -0.39 is 11.6 Å². The van der Waals surface area contributed by atoms with Gasteiger partial charge in [0.05, 0.1) is 5.54 Å². The molecular formula is C13H25N3O2. The van der Waals surface area contributed by atoms with E-state index in [4.69, 9.17) is 5.73 Å². The molecule has 2 amide bonds. The second kappa shape index (κ2) is 6.18. The van der Waals surface area contributed by atoms with Crippen LogP contribution >= 0.6 is 0 Å². The lowest BCUT2D eigenvalue weighted by Gasteiger charge is -2.26. The summed E-state index contributed by atoms with van der Waals surface area (Å²) in [7, 11) is 1.58. The number of hydrogen-bond donors (Lipinski definition) is 3. The molecule has 1 fully saturated rings. The minimum atomic E-state index is -0.775. The molecule has 0 aromatic carbocycles. The zero-order chi connectivity index (χ0) is 13.8. The minimum Gasteiger partial charge on any atom is -0.357 e. The largest absolute Gasteiger partial charge is 0.357 e. The number of nitrogens with two attached hydrogens (primary N) is 1. The molecule has 1 aliphatic rings. The van der Waals surface area contributed by atoms with Crippen LogP contribution in [0.3, 0.4) is 0 Å². The van der Waals surface area contributed by atoms with Crippen molar-refractivity contribution in [2.75, 3.05) is 7.05 Å². The number of amides is 2. The maximum atomic E-state index is 12.2. The van der Waals surface area contributed by atoms with Crippen molar-refractivity contribution in [3.05, 3.63) is 0 Å². The van der Waals surface area contributed by atoms with Gasteiger partial charge in [0.2, 0.25) is 11.8 Å². The molecule has 5 nitrogen and oxygen atoms in total. The van der Waals surface area contributed by atoms with Gasteiger partial charge in [-0.05, 0) is 25.2 Å². The lowest BCUT2D eigenvalue weighted by atomic mass is 9.96. The summed E-state index contributed by atoms with van der Waals surface area (Å²) in [5, 5.41) is 5.39. The molecule has 18 heavy (non-hydrogen) atoms. The summed E-state index contributed by atoms with van der Waals surface area (Å²) in [6.45, 7) is 4.05. The van der Waals surface area contributed by atoms with Crippen LogP contribution in [-0.2, 0) is 9.59 Å². The molecule has 0 radical (unpaired) electrons. The normalized spacial score (nSPS) is 19.6. The predicted molar refractivity (Wildman–Crippen MR) is 70.8 cm³/mol. The van der Waals surface area contributed by atoms with Gasteiger partial charge >= 0.3 is 0 Å². The number of rotatable bonds is 5. The van der Waals surface area contributed by atoms with Crippen LogP contribution in [0.5, 0.6) is 0 Å². The molecule has 1 atom stereocenters. The van der Waals surface area contributed by atoms with E-state index in [0.29, 0.717) is 25.2 Å². The van der Waals surface area contributed by atoms with Crippen LogP contribution < -0.4 is 16.4 Å². The third-order valence-electron chi connectivity index (χ3n) is 3.52.